The molecule has 4 rings (SSSR count). The number of thiazole rings is 1. The first-order valence-electron chi connectivity index (χ1n) is 7.67. The molecular formula is C16H18N5OS+. The Labute approximate surface area is 137 Å². The Morgan fingerprint density at radius 1 is 1.35 bits per heavy atom. The number of carbonyl (C=O) groups is 1. The Kier molecular flexibility index (Phi) is 3.30. The summed E-state index contributed by atoms with van der Waals surface area (Å²) in [6.07, 6.45) is 2.98. The van der Waals surface area contributed by atoms with Crippen molar-refractivity contribution in [2.75, 3.05) is 11.4 Å². The van der Waals surface area contributed by atoms with E-state index in [-0.39, 0.29) is 17.8 Å². The van der Waals surface area contributed by atoms with Gasteiger partial charge in [0.25, 0.3) is 5.13 Å². The second-order valence-corrected chi connectivity index (χ2v) is 6.83. The number of fused-ring (bicyclic) bond motifs is 1. The van der Waals surface area contributed by atoms with Gasteiger partial charge in [0, 0.05) is 29.1 Å². The number of amides is 1. The van der Waals surface area contributed by atoms with E-state index < -0.39 is 0 Å². The summed E-state index contributed by atoms with van der Waals surface area (Å²) in [6.45, 7) is 0.788. The molecule has 2 aliphatic rings. The number of hydrogen-bond acceptors (Lipinski definition) is 3. The van der Waals surface area contributed by atoms with Crippen LogP contribution in [-0.2, 0) is 11.2 Å². The van der Waals surface area contributed by atoms with E-state index in [0.717, 1.165) is 42.8 Å². The highest BCUT2D eigenvalue weighted by Crippen LogP contribution is 2.38. The molecule has 1 aromatic heterocycles. The summed E-state index contributed by atoms with van der Waals surface area (Å²) in [5.74, 6) is 0.672. The highest BCUT2D eigenvalue weighted by atomic mass is 32.1. The summed E-state index contributed by atoms with van der Waals surface area (Å²) in [7, 11) is 0. The fourth-order valence-electron chi connectivity index (χ4n) is 2.93. The van der Waals surface area contributed by atoms with Crippen LogP contribution in [0, 0.1) is 5.92 Å². The van der Waals surface area contributed by atoms with Crippen LogP contribution in [0.3, 0.4) is 0 Å². The molecule has 1 aliphatic heterocycles. The second kappa shape index (κ2) is 5.34. The van der Waals surface area contributed by atoms with E-state index in [1.807, 2.05) is 22.4 Å². The molecule has 5 N–H and O–H groups in total. The maximum Gasteiger partial charge on any atom is 0.303 e. The molecule has 23 heavy (non-hydrogen) atoms. The van der Waals surface area contributed by atoms with Crippen LogP contribution in [0.2, 0.25) is 0 Å². The van der Waals surface area contributed by atoms with Crippen LogP contribution in [0.5, 0.6) is 0 Å². The van der Waals surface area contributed by atoms with Crippen LogP contribution in [0.4, 0.5) is 10.8 Å². The van der Waals surface area contributed by atoms with Gasteiger partial charge in [-0.1, -0.05) is 11.3 Å². The van der Waals surface area contributed by atoms with E-state index in [1.54, 1.807) is 0 Å². The summed E-state index contributed by atoms with van der Waals surface area (Å²) in [4.78, 5) is 21.6. The van der Waals surface area contributed by atoms with Crippen LogP contribution in [0.1, 0.15) is 18.4 Å². The SMILES string of the molecule is NC(N)=[NH+]c1nc(-c2ccc3c(c2)CCN3C(=O)C2CC2)cs1. The van der Waals surface area contributed by atoms with Crippen molar-refractivity contribution in [1.29, 1.82) is 0 Å². The zero-order chi connectivity index (χ0) is 16.0. The monoisotopic (exact) mass is 328 g/mol. The second-order valence-electron chi connectivity index (χ2n) is 5.98. The number of nitrogens with one attached hydrogen (secondary N) is 1. The number of hydrogen-bond donors (Lipinski definition) is 3. The molecular weight excluding hydrogens is 310 g/mol. The number of carbonyl (C=O) groups excluding carboxylic acids is 1. The average molecular weight is 328 g/mol. The number of nitrogens with two attached hydrogens (primary N) is 2. The van der Waals surface area contributed by atoms with Crippen molar-refractivity contribution in [3.05, 3.63) is 29.1 Å². The number of anilines is 1. The molecule has 0 unspecified atom stereocenters. The fraction of sp³-hybridized carbons (Fsp3) is 0.312. The van der Waals surface area contributed by atoms with Crippen LogP contribution in [-0.4, -0.2) is 23.4 Å². The lowest BCUT2D eigenvalue weighted by Crippen LogP contribution is -2.72. The molecule has 0 bridgehead atoms. The summed E-state index contributed by atoms with van der Waals surface area (Å²) in [6, 6.07) is 6.18. The molecule has 7 heteroatoms. The van der Waals surface area contributed by atoms with Gasteiger partial charge in [-0.05, 0) is 43.0 Å². The van der Waals surface area contributed by atoms with Crippen molar-refractivity contribution < 1.29 is 9.79 Å². The summed E-state index contributed by atoms with van der Waals surface area (Å²) in [5, 5.41) is 2.64. The van der Waals surface area contributed by atoms with Crippen molar-refractivity contribution in [1.82, 2.24) is 4.98 Å². The van der Waals surface area contributed by atoms with E-state index in [2.05, 4.69) is 16.0 Å². The zero-order valence-corrected chi connectivity index (χ0v) is 13.4. The minimum atomic E-state index is 0.133. The van der Waals surface area contributed by atoms with E-state index in [0.29, 0.717) is 5.13 Å². The third kappa shape index (κ3) is 2.68. The van der Waals surface area contributed by atoms with Gasteiger partial charge >= 0.3 is 5.96 Å². The first-order valence-corrected chi connectivity index (χ1v) is 8.55. The maximum absolute atomic E-state index is 12.3. The topological polar surface area (TPSA) is 99.2 Å². The molecule has 0 spiro atoms. The van der Waals surface area contributed by atoms with Crippen molar-refractivity contribution in [2.24, 2.45) is 17.4 Å². The third-order valence-electron chi connectivity index (χ3n) is 4.22. The van der Waals surface area contributed by atoms with E-state index >= 15 is 0 Å². The number of aromatic nitrogens is 1. The lowest BCUT2D eigenvalue weighted by molar-refractivity contribution is -0.355. The molecule has 118 valence electrons. The summed E-state index contributed by atoms with van der Waals surface area (Å²) < 4.78 is 0. The van der Waals surface area contributed by atoms with Crippen molar-refractivity contribution in [2.45, 2.75) is 19.3 Å². The standard InChI is InChI=1S/C16H17N5OS/c17-15(18)20-16-19-12(8-23-16)10-3-4-13-11(7-10)5-6-21(13)14(22)9-1-2-9/h3-4,7-9H,1-2,5-6H2,(H4,17,18,19,20)/p+1. The maximum atomic E-state index is 12.3. The van der Waals surface area contributed by atoms with E-state index in [9.17, 15) is 4.79 Å². The molecule has 0 saturated heterocycles. The number of guanidine groups is 1. The third-order valence-corrected chi connectivity index (χ3v) is 4.98. The highest BCUT2D eigenvalue weighted by Gasteiger charge is 2.36. The number of nitrogens with zero attached hydrogens (tertiary/aromatic N) is 2. The molecule has 1 aliphatic carbocycles. The van der Waals surface area contributed by atoms with Gasteiger partial charge in [0.1, 0.15) is 5.69 Å². The first-order chi connectivity index (χ1) is 11.1. The lowest BCUT2D eigenvalue weighted by Gasteiger charge is -2.17. The predicted octanol–water partition coefficient (Wildman–Crippen LogP) is 0.0947. The van der Waals surface area contributed by atoms with Crippen LogP contribution < -0.4 is 21.4 Å². The Balaban J connectivity index is 1.62. The Hall–Kier alpha value is -2.41. The fourth-order valence-corrected chi connectivity index (χ4v) is 3.67. The molecule has 6 nitrogen and oxygen atoms in total. The smallest absolute Gasteiger partial charge is 0.303 e. The molecule has 1 aromatic carbocycles. The quantitative estimate of drug-likeness (QED) is 0.549. The van der Waals surface area contributed by atoms with Gasteiger partial charge in [0.05, 0.1) is 0 Å². The Morgan fingerprint density at radius 3 is 2.91 bits per heavy atom. The molecule has 0 radical (unpaired) electrons. The minimum absolute atomic E-state index is 0.133. The van der Waals surface area contributed by atoms with Gasteiger partial charge in [-0.2, -0.15) is 0 Å². The van der Waals surface area contributed by atoms with Gasteiger partial charge in [-0.15, -0.1) is 4.98 Å². The van der Waals surface area contributed by atoms with Crippen LogP contribution in [0.15, 0.2) is 23.6 Å². The van der Waals surface area contributed by atoms with Crippen LogP contribution in [0.25, 0.3) is 11.3 Å². The molecule has 2 aromatic rings. The van der Waals surface area contributed by atoms with Gasteiger partial charge in [0.15, 0.2) is 0 Å². The van der Waals surface area contributed by atoms with E-state index in [1.165, 1.54) is 16.9 Å². The van der Waals surface area contributed by atoms with Gasteiger partial charge < -0.3 is 16.4 Å². The molecule has 1 amide bonds. The van der Waals surface area contributed by atoms with Crippen LogP contribution >= 0.6 is 11.3 Å². The lowest BCUT2D eigenvalue weighted by atomic mass is 10.1. The molecule has 1 fully saturated rings. The van der Waals surface area contributed by atoms with E-state index in [4.69, 9.17) is 11.5 Å². The molecule has 2 heterocycles. The summed E-state index contributed by atoms with van der Waals surface area (Å²) >= 11 is 1.46. The summed E-state index contributed by atoms with van der Waals surface area (Å²) in [5.41, 5.74) is 15.1. The normalized spacial score (nSPS) is 16.3. The predicted molar refractivity (Wildman–Crippen MR) is 90.3 cm³/mol. The van der Waals surface area contributed by atoms with Gasteiger partial charge in [-0.25, -0.2) is 4.99 Å². The largest absolute Gasteiger partial charge is 0.312 e. The van der Waals surface area contributed by atoms with Crippen molar-refractivity contribution in [3.8, 4) is 11.3 Å². The number of rotatable bonds is 3. The first kappa shape index (κ1) is 14.2. The Bertz CT molecular complexity index is 805. The molecule has 1 saturated carbocycles. The number of benzene rings is 1. The Morgan fingerprint density at radius 2 is 2.17 bits per heavy atom. The van der Waals surface area contributed by atoms with Crippen molar-refractivity contribution in [3.63, 3.8) is 0 Å². The zero-order valence-electron chi connectivity index (χ0n) is 12.6. The molecule has 0 atom stereocenters. The highest BCUT2D eigenvalue weighted by molar-refractivity contribution is 7.13. The van der Waals surface area contributed by atoms with Crippen molar-refractivity contribution >= 4 is 34.0 Å². The van der Waals surface area contributed by atoms with Gasteiger partial charge in [-0.3, -0.25) is 4.79 Å². The van der Waals surface area contributed by atoms with Gasteiger partial charge in [0.2, 0.25) is 5.91 Å². The average Bonchev–Trinajstić information content (AvgIpc) is 3.13. The minimum Gasteiger partial charge on any atom is -0.312 e.